The van der Waals surface area contributed by atoms with Gasteiger partial charge in [0, 0.05) is 6.42 Å². The van der Waals surface area contributed by atoms with Gasteiger partial charge in [0.25, 0.3) is 0 Å². The van der Waals surface area contributed by atoms with E-state index in [-0.39, 0.29) is 12.3 Å². The zero-order chi connectivity index (χ0) is 24.4. The van der Waals surface area contributed by atoms with E-state index in [4.69, 9.17) is 4.74 Å². The van der Waals surface area contributed by atoms with Crippen molar-refractivity contribution in [3.63, 3.8) is 0 Å². The Balaban J connectivity index is 2.02. The lowest BCUT2D eigenvalue weighted by molar-refractivity contribution is -0.131. The number of carbonyl (C=O) groups excluding carboxylic acids is 4. The zero-order valence-electron chi connectivity index (χ0n) is 20.1. The number of rotatable bonds is 9. The number of hydrogen-bond donors (Lipinski definition) is 3. The van der Waals surface area contributed by atoms with Gasteiger partial charge in [-0.15, -0.1) is 0 Å². The minimum absolute atomic E-state index is 0.128. The van der Waals surface area contributed by atoms with E-state index in [0.29, 0.717) is 0 Å². The summed E-state index contributed by atoms with van der Waals surface area (Å²) in [5.74, 6) is -0.808. The number of alkyl carbamates (subject to hydrolysis) is 1. The number of amides is 3. The second-order valence-corrected chi connectivity index (χ2v) is 9.69. The van der Waals surface area contributed by atoms with Crippen molar-refractivity contribution in [2.75, 3.05) is 0 Å². The molecule has 182 valence electrons. The first-order valence-electron chi connectivity index (χ1n) is 11.7. The minimum Gasteiger partial charge on any atom is -0.444 e. The predicted molar refractivity (Wildman–Crippen MR) is 125 cm³/mol. The molecule has 0 radical (unpaired) electrons. The molecule has 1 aromatic carbocycles. The van der Waals surface area contributed by atoms with Crippen LogP contribution in [0.2, 0.25) is 0 Å². The van der Waals surface area contributed by atoms with Crippen molar-refractivity contribution in [1.29, 1.82) is 0 Å². The number of carbonyl (C=O) groups is 4. The lowest BCUT2D eigenvalue weighted by atomic mass is 9.84. The van der Waals surface area contributed by atoms with E-state index in [9.17, 15) is 19.2 Å². The van der Waals surface area contributed by atoms with Crippen LogP contribution in [0.1, 0.15) is 65.4 Å². The van der Waals surface area contributed by atoms with Gasteiger partial charge in [0.05, 0.1) is 6.04 Å². The van der Waals surface area contributed by atoms with Crippen LogP contribution in [0.25, 0.3) is 0 Å². The Morgan fingerprint density at radius 1 is 1.00 bits per heavy atom. The van der Waals surface area contributed by atoms with Crippen LogP contribution in [0.3, 0.4) is 0 Å². The Labute approximate surface area is 196 Å². The highest BCUT2D eigenvalue weighted by Crippen LogP contribution is 2.25. The van der Waals surface area contributed by atoms with Crippen molar-refractivity contribution in [2.45, 2.75) is 89.9 Å². The van der Waals surface area contributed by atoms with E-state index in [2.05, 4.69) is 16.0 Å². The molecule has 0 aliphatic heterocycles. The fraction of sp³-hybridized carbons (Fsp3) is 0.600. The molecule has 1 saturated carbocycles. The van der Waals surface area contributed by atoms with Crippen molar-refractivity contribution in [3.05, 3.63) is 35.9 Å². The highest BCUT2D eigenvalue weighted by atomic mass is 16.6. The first-order valence-corrected chi connectivity index (χ1v) is 11.7. The Morgan fingerprint density at radius 2 is 1.64 bits per heavy atom. The maximum Gasteiger partial charge on any atom is 0.408 e. The molecule has 3 atom stereocenters. The molecule has 8 heteroatoms. The van der Waals surface area contributed by atoms with Gasteiger partial charge in [-0.3, -0.25) is 9.59 Å². The molecule has 3 amide bonds. The van der Waals surface area contributed by atoms with Crippen LogP contribution in [0.15, 0.2) is 30.3 Å². The maximum absolute atomic E-state index is 13.0. The summed E-state index contributed by atoms with van der Waals surface area (Å²) in [5.41, 5.74) is 0.137. The summed E-state index contributed by atoms with van der Waals surface area (Å²) < 4.78 is 5.29. The fourth-order valence-corrected chi connectivity index (χ4v) is 3.93. The minimum atomic E-state index is -0.933. The summed E-state index contributed by atoms with van der Waals surface area (Å²) in [6, 6.07) is 6.90. The van der Waals surface area contributed by atoms with Crippen LogP contribution < -0.4 is 16.0 Å². The van der Waals surface area contributed by atoms with Gasteiger partial charge in [0.2, 0.25) is 11.8 Å². The summed E-state index contributed by atoms with van der Waals surface area (Å²) in [6.45, 7) is 6.77. The van der Waals surface area contributed by atoms with Gasteiger partial charge in [-0.25, -0.2) is 4.79 Å². The van der Waals surface area contributed by atoms with E-state index in [1.54, 1.807) is 27.7 Å². The maximum atomic E-state index is 13.0. The summed E-state index contributed by atoms with van der Waals surface area (Å²) >= 11 is 0. The largest absolute Gasteiger partial charge is 0.444 e. The smallest absolute Gasteiger partial charge is 0.408 e. The van der Waals surface area contributed by atoms with Crippen LogP contribution in [0, 0.1) is 5.92 Å². The molecular weight excluding hydrogens is 422 g/mol. The quantitative estimate of drug-likeness (QED) is 0.492. The number of hydrogen-bond acceptors (Lipinski definition) is 5. The van der Waals surface area contributed by atoms with Crippen LogP contribution in [0.4, 0.5) is 4.79 Å². The normalized spacial score (nSPS) is 17.2. The van der Waals surface area contributed by atoms with E-state index in [1.165, 1.54) is 0 Å². The number of aldehydes is 1. The highest BCUT2D eigenvalue weighted by Gasteiger charge is 2.29. The summed E-state index contributed by atoms with van der Waals surface area (Å²) in [5, 5.41) is 8.04. The summed E-state index contributed by atoms with van der Waals surface area (Å²) in [6.07, 6.45) is 5.37. The van der Waals surface area contributed by atoms with Gasteiger partial charge in [0.1, 0.15) is 24.0 Å². The Kier molecular flexibility index (Phi) is 9.88. The Morgan fingerprint density at radius 3 is 2.21 bits per heavy atom. The first kappa shape index (κ1) is 26.4. The predicted octanol–water partition coefficient (Wildman–Crippen LogP) is 2.89. The lowest BCUT2D eigenvalue weighted by Crippen LogP contribution is -2.55. The van der Waals surface area contributed by atoms with Crippen LogP contribution in [0.5, 0.6) is 0 Å². The third-order valence-corrected chi connectivity index (χ3v) is 5.66. The van der Waals surface area contributed by atoms with Gasteiger partial charge < -0.3 is 25.5 Å². The number of benzene rings is 1. The van der Waals surface area contributed by atoms with Crippen LogP contribution >= 0.6 is 0 Å². The second kappa shape index (κ2) is 12.4. The average Bonchev–Trinajstić information content (AvgIpc) is 2.76. The molecular formula is C25H37N3O5. The molecule has 0 bridgehead atoms. The second-order valence-electron chi connectivity index (χ2n) is 9.69. The van der Waals surface area contributed by atoms with Gasteiger partial charge in [-0.2, -0.15) is 0 Å². The number of ether oxygens (including phenoxy) is 1. The molecule has 0 saturated heterocycles. The molecule has 1 aliphatic rings. The molecule has 33 heavy (non-hydrogen) atoms. The molecule has 2 rings (SSSR count). The summed E-state index contributed by atoms with van der Waals surface area (Å²) in [7, 11) is 0. The van der Waals surface area contributed by atoms with Crippen LogP contribution in [-0.4, -0.2) is 47.9 Å². The van der Waals surface area contributed by atoms with Crippen molar-refractivity contribution >= 4 is 24.2 Å². The van der Waals surface area contributed by atoms with E-state index in [0.717, 1.165) is 44.0 Å². The summed E-state index contributed by atoms with van der Waals surface area (Å²) in [4.78, 5) is 49.6. The van der Waals surface area contributed by atoms with Gasteiger partial charge in [-0.05, 0) is 52.0 Å². The lowest BCUT2D eigenvalue weighted by Gasteiger charge is -2.28. The average molecular weight is 460 g/mol. The van der Waals surface area contributed by atoms with Crippen molar-refractivity contribution in [3.8, 4) is 0 Å². The van der Waals surface area contributed by atoms with E-state index < -0.39 is 41.6 Å². The first-order chi connectivity index (χ1) is 15.6. The monoisotopic (exact) mass is 459 g/mol. The fourth-order valence-electron chi connectivity index (χ4n) is 3.93. The SMILES string of the molecule is C[C@H](NC(=O)[C@H](Cc1ccccc1)NC(=O)OC(C)(C)C)C(=O)N[C@H](C=O)C1CCCCC1. The Bertz CT molecular complexity index is 800. The van der Waals surface area contributed by atoms with Crippen LogP contribution in [-0.2, 0) is 25.5 Å². The van der Waals surface area contributed by atoms with Crippen molar-refractivity contribution in [1.82, 2.24) is 16.0 Å². The van der Waals surface area contributed by atoms with Gasteiger partial charge in [-0.1, -0.05) is 49.6 Å². The molecule has 0 aromatic heterocycles. The zero-order valence-corrected chi connectivity index (χ0v) is 20.1. The molecule has 0 spiro atoms. The third kappa shape index (κ3) is 9.24. The molecule has 8 nitrogen and oxygen atoms in total. The molecule has 1 aromatic rings. The molecule has 0 heterocycles. The van der Waals surface area contributed by atoms with Gasteiger partial charge in [0.15, 0.2) is 0 Å². The standard InChI is InChI=1S/C25H37N3O5/c1-17(22(30)27-21(16-29)19-13-9-6-10-14-19)26-23(31)20(15-18-11-7-5-8-12-18)28-24(32)33-25(2,3)4/h5,7-8,11-12,16-17,19-21H,6,9-10,13-15H2,1-4H3,(H,26,31)(H,27,30)(H,28,32)/t17-,20-,21+/m0/s1. The molecule has 3 N–H and O–H groups in total. The topological polar surface area (TPSA) is 114 Å². The molecule has 1 fully saturated rings. The van der Waals surface area contributed by atoms with Crippen molar-refractivity contribution in [2.24, 2.45) is 5.92 Å². The van der Waals surface area contributed by atoms with Gasteiger partial charge >= 0.3 is 6.09 Å². The van der Waals surface area contributed by atoms with E-state index >= 15 is 0 Å². The molecule has 0 unspecified atom stereocenters. The Hall–Kier alpha value is -2.90. The number of nitrogens with one attached hydrogen (secondary N) is 3. The third-order valence-electron chi connectivity index (χ3n) is 5.66. The molecule has 1 aliphatic carbocycles. The van der Waals surface area contributed by atoms with Crippen molar-refractivity contribution < 1.29 is 23.9 Å². The highest BCUT2D eigenvalue weighted by molar-refractivity contribution is 5.92. The van der Waals surface area contributed by atoms with E-state index in [1.807, 2.05) is 30.3 Å².